The van der Waals surface area contributed by atoms with E-state index in [1.165, 1.54) is 5.56 Å². The normalized spacial score (nSPS) is 19.1. The molecular formula is C12H12O2. The number of benzene rings is 1. The SMILES string of the molecule is Cc1ccc2c(c1)C(C(=O)C=O)CC2. The second-order valence-corrected chi connectivity index (χ2v) is 3.81. The zero-order chi connectivity index (χ0) is 10.1. The lowest BCUT2D eigenvalue weighted by molar-refractivity contribution is -0.130. The molecular weight excluding hydrogens is 176 g/mol. The molecule has 2 heteroatoms. The van der Waals surface area contributed by atoms with Crippen molar-refractivity contribution in [3.63, 3.8) is 0 Å². The van der Waals surface area contributed by atoms with Crippen LogP contribution >= 0.6 is 0 Å². The first-order valence-corrected chi connectivity index (χ1v) is 4.81. The van der Waals surface area contributed by atoms with E-state index in [-0.39, 0.29) is 11.7 Å². The van der Waals surface area contributed by atoms with Gasteiger partial charge in [0.1, 0.15) is 0 Å². The van der Waals surface area contributed by atoms with Crippen LogP contribution in [0.15, 0.2) is 18.2 Å². The van der Waals surface area contributed by atoms with E-state index in [0.717, 1.165) is 24.0 Å². The number of hydrogen-bond acceptors (Lipinski definition) is 2. The van der Waals surface area contributed by atoms with E-state index in [0.29, 0.717) is 6.29 Å². The molecule has 1 aromatic carbocycles. The molecule has 0 amide bonds. The van der Waals surface area contributed by atoms with E-state index >= 15 is 0 Å². The van der Waals surface area contributed by atoms with E-state index in [2.05, 4.69) is 6.07 Å². The maximum atomic E-state index is 11.3. The molecule has 0 N–H and O–H groups in total. The molecule has 2 rings (SSSR count). The highest BCUT2D eigenvalue weighted by Crippen LogP contribution is 2.33. The first-order chi connectivity index (χ1) is 6.72. The number of carbonyl (C=O) groups excluding carboxylic acids is 2. The van der Waals surface area contributed by atoms with E-state index in [1.807, 2.05) is 19.1 Å². The monoisotopic (exact) mass is 188 g/mol. The number of rotatable bonds is 2. The third kappa shape index (κ3) is 1.37. The third-order valence-corrected chi connectivity index (χ3v) is 2.84. The van der Waals surface area contributed by atoms with Gasteiger partial charge in [-0.25, -0.2) is 0 Å². The standard InChI is InChI=1S/C12H12O2/c1-8-2-3-9-4-5-10(11(9)6-8)12(14)7-13/h2-3,6-7,10H,4-5H2,1H3. The molecule has 0 aliphatic heterocycles. The average molecular weight is 188 g/mol. The van der Waals surface area contributed by atoms with Crippen molar-refractivity contribution in [2.75, 3.05) is 0 Å². The molecule has 1 unspecified atom stereocenters. The Hall–Kier alpha value is -1.44. The minimum atomic E-state index is -0.283. The second kappa shape index (κ2) is 3.37. The van der Waals surface area contributed by atoms with Gasteiger partial charge < -0.3 is 0 Å². The molecule has 0 radical (unpaired) electrons. The maximum absolute atomic E-state index is 11.3. The molecule has 0 saturated carbocycles. The topological polar surface area (TPSA) is 34.1 Å². The Morgan fingerprint density at radius 3 is 3.00 bits per heavy atom. The molecule has 0 saturated heterocycles. The minimum absolute atomic E-state index is 0.178. The van der Waals surface area contributed by atoms with Gasteiger partial charge in [0, 0.05) is 0 Å². The number of aldehydes is 1. The quantitative estimate of drug-likeness (QED) is 0.523. The van der Waals surface area contributed by atoms with Crippen molar-refractivity contribution in [2.24, 2.45) is 0 Å². The second-order valence-electron chi connectivity index (χ2n) is 3.81. The fourth-order valence-corrected chi connectivity index (χ4v) is 2.10. The molecule has 0 aromatic heterocycles. The van der Waals surface area contributed by atoms with Gasteiger partial charge >= 0.3 is 0 Å². The molecule has 14 heavy (non-hydrogen) atoms. The van der Waals surface area contributed by atoms with Crippen molar-refractivity contribution >= 4 is 12.1 Å². The lowest BCUT2D eigenvalue weighted by Gasteiger charge is -2.06. The number of fused-ring (bicyclic) bond motifs is 1. The van der Waals surface area contributed by atoms with Crippen molar-refractivity contribution in [1.82, 2.24) is 0 Å². The van der Waals surface area contributed by atoms with Gasteiger partial charge in [0.25, 0.3) is 0 Å². The van der Waals surface area contributed by atoms with Gasteiger partial charge in [0.05, 0.1) is 5.92 Å². The summed E-state index contributed by atoms with van der Waals surface area (Å²) in [6, 6.07) is 6.13. The highest BCUT2D eigenvalue weighted by molar-refractivity contribution is 6.27. The van der Waals surface area contributed by atoms with Crippen molar-refractivity contribution in [1.29, 1.82) is 0 Å². The van der Waals surface area contributed by atoms with Gasteiger partial charge in [-0.1, -0.05) is 23.8 Å². The van der Waals surface area contributed by atoms with Gasteiger partial charge in [0.15, 0.2) is 6.29 Å². The number of hydrogen-bond donors (Lipinski definition) is 0. The van der Waals surface area contributed by atoms with Crippen LogP contribution in [0, 0.1) is 6.92 Å². The molecule has 1 aliphatic carbocycles. The number of Topliss-reactive ketones (excluding diaryl/α,β-unsaturated/α-hetero) is 1. The van der Waals surface area contributed by atoms with Crippen molar-refractivity contribution in [3.8, 4) is 0 Å². The predicted octanol–water partition coefficient (Wildman–Crippen LogP) is 1.79. The fraction of sp³-hybridized carbons (Fsp3) is 0.333. The Bertz CT molecular complexity index is 393. The highest BCUT2D eigenvalue weighted by atomic mass is 16.2. The van der Waals surface area contributed by atoms with Crippen LogP contribution in [-0.2, 0) is 16.0 Å². The van der Waals surface area contributed by atoms with E-state index < -0.39 is 0 Å². The van der Waals surface area contributed by atoms with Gasteiger partial charge in [-0.2, -0.15) is 0 Å². The molecule has 0 heterocycles. The van der Waals surface area contributed by atoms with Crippen LogP contribution in [-0.4, -0.2) is 12.1 Å². The number of carbonyl (C=O) groups is 2. The Morgan fingerprint density at radius 1 is 1.50 bits per heavy atom. The summed E-state index contributed by atoms with van der Waals surface area (Å²) in [5, 5.41) is 0. The summed E-state index contributed by atoms with van der Waals surface area (Å²) in [4.78, 5) is 21.8. The Morgan fingerprint density at radius 2 is 2.29 bits per heavy atom. The molecule has 72 valence electrons. The first kappa shape index (κ1) is 9.13. The van der Waals surface area contributed by atoms with E-state index in [9.17, 15) is 9.59 Å². The van der Waals surface area contributed by atoms with Gasteiger partial charge in [-0.3, -0.25) is 9.59 Å². The molecule has 1 aromatic rings. The van der Waals surface area contributed by atoms with Crippen molar-refractivity contribution < 1.29 is 9.59 Å². The van der Waals surface area contributed by atoms with Gasteiger partial charge in [-0.15, -0.1) is 0 Å². The summed E-state index contributed by atoms with van der Waals surface area (Å²) in [6.45, 7) is 2.00. The van der Waals surface area contributed by atoms with E-state index in [4.69, 9.17) is 0 Å². The smallest absolute Gasteiger partial charge is 0.202 e. The molecule has 0 bridgehead atoms. The van der Waals surface area contributed by atoms with Gasteiger partial charge in [-0.05, 0) is 30.9 Å². The molecule has 0 fully saturated rings. The van der Waals surface area contributed by atoms with Crippen molar-refractivity contribution in [2.45, 2.75) is 25.7 Å². The lowest BCUT2D eigenvalue weighted by Crippen LogP contribution is -2.10. The minimum Gasteiger partial charge on any atom is -0.295 e. The number of ketones is 1. The summed E-state index contributed by atoms with van der Waals surface area (Å²) in [7, 11) is 0. The largest absolute Gasteiger partial charge is 0.295 e. The average Bonchev–Trinajstić information content (AvgIpc) is 2.59. The van der Waals surface area contributed by atoms with E-state index in [1.54, 1.807) is 0 Å². The highest BCUT2D eigenvalue weighted by Gasteiger charge is 2.27. The van der Waals surface area contributed by atoms with Crippen LogP contribution in [0.5, 0.6) is 0 Å². The van der Waals surface area contributed by atoms with Crippen molar-refractivity contribution in [3.05, 3.63) is 34.9 Å². The summed E-state index contributed by atoms with van der Waals surface area (Å²) >= 11 is 0. The summed E-state index contributed by atoms with van der Waals surface area (Å²) in [6.07, 6.45) is 2.15. The fourth-order valence-electron chi connectivity index (χ4n) is 2.10. The zero-order valence-corrected chi connectivity index (χ0v) is 8.12. The van der Waals surface area contributed by atoms with Crippen LogP contribution < -0.4 is 0 Å². The number of aryl methyl sites for hydroxylation is 2. The Labute approximate surface area is 82.9 Å². The molecule has 2 nitrogen and oxygen atoms in total. The Balaban J connectivity index is 2.42. The Kier molecular flexibility index (Phi) is 2.20. The summed E-state index contributed by atoms with van der Waals surface area (Å²) in [5.74, 6) is -0.461. The molecule has 1 atom stereocenters. The van der Waals surface area contributed by atoms with Gasteiger partial charge in [0.2, 0.25) is 5.78 Å². The third-order valence-electron chi connectivity index (χ3n) is 2.84. The molecule has 1 aliphatic rings. The van der Waals surface area contributed by atoms with Crippen LogP contribution in [0.1, 0.15) is 29.0 Å². The van der Waals surface area contributed by atoms with Crippen LogP contribution in [0.25, 0.3) is 0 Å². The first-order valence-electron chi connectivity index (χ1n) is 4.81. The summed E-state index contributed by atoms with van der Waals surface area (Å²) in [5.41, 5.74) is 3.42. The van der Waals surface area contributed by atoms with Crippen LogP contribution in [0.3, 0.4) is 0 Å². The predicted molar refractivity (Wildman–Crippen MR) is 53.3 cm³/mol. The maximum Gasteiger partial charge on any atom is 0.202 e. The molecule has 0 spiro atoms. The van der Waals surface area contributed by atoms with Crippen LogP contribution in [0.4, 0.5) is 0 Å². The zero-order valence-electron chi connectivity index (χ0n) is 8.12. The summed E-state index contributed by atoms with van der Waals surface area (Å²) < 4.78 is 0. The van der Waals surface area contributed by atoms with Crippen LogP contribution in [0.2, 0.25) is 0 Å². The lowest BCUT2D eigenvalue weighted by atomic mass is 9.96.